The lowest BCUT2D eigenvalue weighted by molar-refractivity contribution is -0.143. The van der Waals surface area contributed by atoms with E-state index in [1.807, 2.05) is 6.92 Å². The molecule has 4 rings (SSSR count). The Balaban J connectivity index is 1.70. The number of benzene rings is 1. The molecule has 1 amide bonds. The fourth-order valence-corrected chi connectivity index (χ4v) is 5.21. The molecule has 0 radical (unpaired) electrons. The maximum absolute atomic E-state index is 13.5. The number of nitrogens with one attached hydrogen (secondary N) is 2. The van der Waals surface area contributed by atoms with Gasteiger partial charge in [-0.1, -0.05) is 30.8 Å². The highest BCUT2D eigenvalue weighted by molar-refractivity contribution is 5.88. The van der Waals surface area contributed by atoms with E-state index in [1.165, 1.54) is 37.9 Å². The molecule has 0 aliphatic heterocycles. The number of carbonyl (C=O) groups is 1. The molecule has 1 aliphatic carbocycles. The summed E-state index contributed by atoms with van der Waals surface area (Å²) in [5.41, 5.74) is -2.19. The van der Waals surface area contributed by atoms with Crippen molar-refractivity contribution in [2.75, 3.05) is 15.5 Å². The first-order valence-corrected chi connectivity index (χ1v) is 13.5. The van der Waals surface area contributed by atoms with Crippen LogP contribution in [0.1, 0.15) is 68.2 Å². The molecule has 1 aromatic carbocycles. The summed E-state index contributed by atoms with van der Waals surface area (Å²) in [7, 11) is 1.48. The van der Waals surface area contributed by atoms with Gasteiger partial charge in [0, 0.05) is 25.1 Å². The van der Waals surface area contributed by atoms with Crippen LogP contribution in [0.3, 0.4) is 0 Å². The van der Waals surface area contributed by atoms with E-state index in [0.29, 0.717) is 35.1 Å². The maximum atomic E-state index is 13.5. The van der Waals surface area contributed by atoms with Gasteiger partial charge in [0.1, 0.15) is 5.82 Å². The summed E-state index contributed by atoms with van der Waals surface area (Å²) < 4.78 is 81.3. The van der Waals surface area contributed by atoms with Crippen LogP contribution >= 0.6 is 0 Å². The molecule has 228 valence electrons. The van der Waals surface area contributed by atoms with Crippen LogP contribution in [-0.4, -0.2) is 37.1 Å². The van der Waals surface area contributed by atoms with Gasteiger partial charge < -0.3 is 15.5 Å². The predicted molar refractivity (Wildman–Crippen MR) is 143 cm³/mol. The molecule has 2 heterocycles. The molecular formula is C27H32F6N8O. The van der Waals surface area contributed by atoms with Gasteiger partial charge in [0.2, 0.25) is 5.91 Å². The quantitative estimate of drug-likeness (QED) is 0.269. The highest BCUT2D eigenvalue weighted by Gasteiger charge is 2.37. The number of nitrogens with zero attached hydrogens (tertiary/aromatic N) is 6. The minimum Gasteiger partial charge on any atom is -0.367 e. The van der Waals surface area contributed by atoms with Crippen molar-refractivity contribution in [2.24, 2.45) is 13.0 Å². The minimum atomic E-state index is -4.99. The maximum Gasteiger partial charge on any atom is 0.416 e. The molecule has 15 heteroatoms. The number of amides is 1. The fourth-order valence-electron chi connectivity index (χ4n) is 5.21. The van der Waals surface area contributed by atoms with Crippen LogP contribution in [0.25, 0.3) is 0 Å². The average Bonchev–Trinajstić information content (AvgIpc) is 3.55. The Labute approximate surface area is 238 Å². The van der Waals surface area contributed by atoms with E-state index in [0.717, 1.165) is 24.1 Å². The monoisotopic (exact) mass is 598 g/mol. The normalized spacial score (nSPS) is 15.1. The van der Waals surface area contributed by atoms with E-state index < -0.39 is 30.0 Å². The number of alkyl halides is 6. The summed E-state index contributed by atoms with van der Waals surface area (Å²) in [5.74, 6) is 0.689. The zero-order valence-corrected chi connectivity index (χ0v) is 23.4. The van der Waals surface area contributed by atoms with Gasteiger partial charge in [-0.2, -0.15) is 31.1 Å². The van der Waals surface area contributed by atoms with E-state index in [9.17, 15) is 31.1 Å². The second-order valence-corrected chi connectivity index (χ2v) is 10.7. The molecule has 2 N–H and O–H groups in total. The van der Waals surface area contributed by atoms with Gasteiger partial charge in [0.15, 0.2) is 0 Å². The Bertz CT molecular complexity index is 1350. The molecular weight excluding hydrogens is 566 g/mol. The van der Waals surface area contributed by atoms with Crippen LogP contribution < -0.4 is 15.5 Å². The summed E-state index contributed by atoms with van der Waals surface area (Å²) in [6.07, 6.45) is -2.91. The highest BCUT2D eigenvalue weighted by Crippen LogP contribution is 2.37. The summed E-state index contributed by atoms with van der Waals surface area (Å²) in [6.45, 7) is 2.88. The van der Waals surface area contributed by atoms with Crippen molar-refractivity contribution in [1.29, 1.82) is 0 Å². The second-order valence-electron chi connectivity index (χ2n) is 10.7. The number of pyridine rings is 1. The Morgan fingerprint density at radius 2 is 1.69 bits per heavy atom. The van der Waals surface area contributed by atoms with Gasteiger partial charge in [0.05, 0.1) is 36.6 Å². The fraction of sp³-hybridized carbons (Fsp3) is 0.519. The van der Waals surface area contributed by atoms with Crippen molar-refractivity contribution in [3.05, 3.63) is 52.7 Å². The van der Waals surface area contributed by atoms with Crippen LogP contribution in [0, 0.1) is 5.92 Å². The van der Waals surface area contributed by atoms with Crippen LogP contribution in [0.15, 0.2) is 30.5 Å². The molecule has 1 saturated carbocycles. The number of rotatable bonds is 10. The lowest BCUT2D eigenvalue weighted by Crippen LogP contribution is -2.26. The number of aryl methyl sites for hydroxylation is 1. The molecule has 3 aromatic rings. The van der Waals surface area contributed by atoms with Crippen molar-refractivity contribution in [2.45, 2.75) is 77.4 Å². The van der Waals surface area contributed by atoms with Crippen molar-refractivity contribution < 1.29 is 31.1 Å². The Morgan fingerprint density at radius 1 is 1.05 bits per heavy atom. The molecule has 0 bridgehead atoms. The minimum absolute atomic E-state index is 0.0154. The number of aromatic nitrogens is 5. The van der Waals surface area contributed by atoms with Gasteiger partial charge in [-0.15, -0.1) is 5.10 Å². The van der Waals surface area contributed by atoms with Crippen LogP contribution in [0.4, 0.5) is 43.8 Å². The largest absolute Gasteiger partial charge is 0.416 e. The van der Waals surface area contributed by atoms with E-state index in [4.69, 9.17) is 0 Å². The first-order valence-electron chi connectivity index (χ1n) is 13.5. The van der Waals surface area contributed by atoms with Crippen molar-refractivity contribution in [3.8, 4) is 0 Å². The topological polar surface area (TPSA) is 101 Å². The number of anilines is 3. The van der Waals surface area contributed by atoms with Gasteiger partial charge in [-0.05, 0) is 54.3 Å². The number of carbonyl (C=O) groups excluding carboxylic acids is 1. The third kappa shape index (κ3) is 8.32. The first kappa shape index (κ1) is 31.0. The van der Waals surface area contributed by atoms with Crippen LogP contribution in [0.5, 0.6) is 0 Å². The van der Waals surface area contributed by atoms with Gasteiger partial charge in [0.25, 0.3) is 5.95 Å². The third-order valence-electron chi connectivity index (χ3n) is 6.99. The summed E-state index contributed by atoms with van der Waals surface area (Å²) in [6, 6.07) is 3.12. The standard InChI is InChI=1S/C27H32F6N8O/c1-16(8-18-6-4-5-7-18)35-24-20(11-23(13-34-24)36-17(2)42)15-41(25-37-39-40(3)38-25)14-19-9-21(26(28,29)30)12-22(10-19)27(31,32)33/h9-13,16,18H,4-8,14-15H2,1-3H3,(H,34,35)(H,36,42). The molecule has 9 nitrogen and oxygen atoms in total. The molecule has 1 aliphatic rings. The second kappa shape index (κ2) is 12.5. The molecule has 1 atom stereocenters. The molecule has 1 unspecified atom stereocenters. The lowest BCUT2D eigenvalue weighted by Gasteiger charge is -2.25. The Hall–Kier alpha value is -3.91. The van der Waals surface area contributed by atoms with Gasteiger partial charge in [-0.3, -0.25) is 4.79 Å². The summed E-state index contributed by atoms with van der Waals surface area (Å²) in [5, 5.41) is 17.9. The lowest BCUT2D eigenvalue weighted by atomic mass is 9.99. The molecule has 0 saturated heterocycles. The number of tetrazole rings is 1. The van der Waals surface area contributed by atoms with Crippen molar-refractivity contribution in [3.63, 3.8) is 0 Å². The molecule has 1 fully saturated rings. The smallest absolute Gasteiger partial charge is 0.367 e. The number of hydrogen-bond acceptors (Lipinski definition) is 7. The Morgan fingerprint density at radius 3 is 2.24 bits per heavy atom. The zero-order valence-electron chi connectivity index (χ0n) is 23.4. The predicted octanol–water partition coefficient (Wildman–Crippen LogP) is 6.19. The number of halogens is 6. The zero-order chi connectivity index (χ0) is 30.7. The average molecular weight is 599 g/mol. The summed E-state index contributed by atoms with van der Waals surface area (Å²) >= 11 is 0. The first-order chi connectivity index (χ1) is 19.7. The highest BCUT2D eigenvalue weighted by atomic mass is 19.4. The number of hydrogen-bond donors (Lipinski definition) is 2. The van der Waals surface area contributed by atoms with E-state index in [-0.39, 0.29) is 36.1 Å². The van der Waals surface area contributed by atoms with Crippen molar-refractivity contribution >= 4 is 23.4 Å². The van der Waals surface area contributed by atoms with E-state index in [1.54, 1.807) is 6.07 Å². The van der Waals surface area contributed by atoms with Crippen LogP contribution in [0.2, 0.25) is 0 Å². The van der Waals surface area contributed by atoms with Crippen LogP contribution in [-0.2, 0) is 37.3 Å². The SMILES string of the molecule is CC(=O)Nc1cnc(NC(C)CC2CCCC2)c(CN(Cc2cc(C(F)(F)F)cc(C(F)(F)F)c2)c2nnn(C)n2)c1. The molecule has 0 spiro atoms. The summed E-state index contributed by atoms with van der Waals surface area (Å²) in [4.78, 5) is 18.7. The van der Waals surface area contributed by atoms with Crippen molar-refractivity contribution in [1.82, 2.24) is 25.2 Å². The van der Waals surface area contributed by atoms with Gasteiger partial charge >= 0.3 is 12.4 Å². The van der Waals surface area contributed by atoms with Gasteiger partial charge in [-0.25, -0.2) is 4.98 Å². The molecule has 2 aromatic heterocycles. The molecule has 42 heavy (non-hydrogen) atoms. The Kier molecular flexibility index (Phi) is 9.26. The third-order valence-corrected chi connectivity index (χ3v) is 6.99. The van der Waals surface area contributed by atoms with E-state index >= 15 is 0 Å². The van der Waals surface area contributed by atoms with E-state index in [2.05, 4.69) is 31.0 Å².